The number of esters is 1. The number of benzene rings is 1. The van der Waals surface area contributed by atoms with Crippen LogP contribution in [0.15, 0.2) is 12.1 Å². The summed E-state index contributed by atoms with van der Waals surface area (Å²) in [7, 11) is 0. The van der Waals surface area contributed by atoms with E-state index in [9.17, 15) is 19.8 Å². The first-order valence-electron chi connectivity index (χ1n) is 8.22. The van der Waals surface area contributed by atoms with Crippen molar-refractivity contribution in [2.75, 3.05) is 32.8 Å². The average Bonchev–Trinajstić information content (AvgIpc) is 2.97. The summed E-state index contributed by atoms with van der Waals surface area (Å²) < 4.78 is 5.03. The molecule has 0 spiro atoms. The zero-order valence-electron chi connectivity index (χ0n) is 14.0. The first-order valence-corrected chi connectivity index (χ1v) is 8.22. The van der Waals surface area contributed by atoms with Gasteiger partial charge in [0.2, 0.25) is 0 Å². The SMILES string of the molecule is Cc1c([C@H](O)CN2CCN(C(=O)O)CC2CO)ccc2c1COC2=O. The maximum absolute atomic E-state index is 11.6. The second kappa shape index (κ2) is 6.99. The van der Waals surface area contributed by atoms with Gasteiger partial charge in [0.15, 0.2) is 0 Å². The number of β-amino-alcohol motifs (C(OH)–C–C–N with tert-alkyl or cyclic N) is 1. The number of piperazine rings is 1. The topological polar surface area (TPSA) is 111 Å². The van der Waals surface area contributed by atoms with Crippen molar-refractivity contribution >= 4 is 12.1 Å². The normalized spacial score (nSPS) is 21.8. The van der Waals surface area contributed by atoms with Gasteiger partial charge in [0.1, 0.15) is 6.61 Å². The molecule has 25 heavy (non-hydrogen) atoms. The first-order chi connectivity index (χ1) is 11.9. The van der Waals surface area contributed by atoms with Crippen molar-refractivity contribution < 1.29 is 29.6 Å². The lowest BCUT2D eigenvalue weighted by molar-refractivity contribution is 0.0129. The van der Waals surface area contributed by atoms with Crippen LogP contribution in [-0.4, -0.2) is 76.0 Å². The zero-order valence-corrected chi connectivity index (χ0v) is 14.0. The number of hydrogen-bond acceptors (Lipinski definition) is 6. The van der Waals surface area contributed by atoms with E-state index in [1.165, 1.54) is 4.90 Å². The van der Waals surface area contributed by atoms with Crippen molar-refractivity contribution in [2.24, 2.45) is 0 Å². The van der Waals surface area contributed by atoms with E-state index in [-0.39, 0.29) is 38.3 Å². The van der Waals surface area contributed by atoms with E-state index in [0.29, 0.717) is 18.7 Å². The lowest BCUT2D eigenvalue weighted by Gasteiger charge is -2.40. The van der Waals surface area contributed by atoms with Crippen molar-refractivity contribution in [2.45, 2.75) is 25.7 Å². The molecule has 8 heteroatoms. The van der Waals surface area contributed by atoms with Gasteiger partial charge < -0.3 is 25.0 Å². The van der Waals surface area contributed by atoms with Crippen molar-refractivity contribution in [3.8, 4) is 0 Å². The predicted molar refractivity (Wildman–Crippen MR) is 87.3 cm³/mol. The average molecular weight is 350 g/mol. The maximum Gasteiger partial charge on any atom is 0.407 e. The standard InChI is InChI=1S/C17H22N2O6/c1-10-12(2-3-13-14(10)9-25-16(13)22)15(21)7-18-4-5-19(17(23)24)6-11(18)8-20/h2-3,11,15,20-21H,4-9H2,1H3,(H,23,24)/t11?,15-/m1/s1. The summed E-state index contributed by atoms with van der Waals surface area (Å²) in [6, 6.07) is 3.05. The van der Waals surface area contributed by atoms with Gasteiger partial charge in [0, 0.05) is 31.7 Å². The van der Waals surface area contributed by atoms with Crippen LogP contribution >= 0.6 is 0 Å². The molecule has 2 atom stereocenters. The van der Waals surface area contributed by atoms with E-state index in [1.54, 1.807) is 12.1 Å². The van der Waals surface area contributed by atoms with Crippen LogP contribution in [0.1, 0.15) is 33.2 Å². The number of hydrogen-bond donors (Lipinski definition) is 3. The molecule has 1 amide bonds. The van der Waals surface area contributed by atoms with E-state index in [4.69, 9.17) is 9.84 Å². The molecule has 2 aliphatic heterocycles. The molecule has 0 saturated carbocycles. The Morgan fingerprint density at radius 3 is 2.84 bits per heavy atom. The molecule has 0 aliphatic carbocycles. The Bertz CT molecular complexity index is 692. The second-order valence-electron chi connectivity index (χ2n) is 6.46. The number of nitrogens with zero attached hydrogens (tertiary/aromatic N) is 2. The van der Waals surface area contributed by atoms with Crippen LogP contribution in [0.2, 0.25) is 0 Å². The van der Waals surface area contributed by atoms with Crippen LogP contribution < -0.4 is 0 Å². The van der Waals surface area contributed by atoms with Gasteiger partial charge in [0.25, 0.3) is 0 Å². The van der Waals surface area contributed by atoms with Gasteiger partial charge in [-0.1, -0.05) is 6.07 Å². The lowest BCUT2D eigenvalue weighted by Crippen LogP contribution is -2.56. The highest BCUT2D eigenvalue weighted by molar-refractivity contribution is 5.93. The maximum atomic E-state index is 11.6. The highest BCUT2D eigenvalue weighted by atomic mass is 16.5. The zero-order chi connectivity index (χ0) is 18.1. The van der Waals surface area contributed by atoms with Gasteiger partial charge in [0.05, 0.1) is 24.3 Å². The van der Waals surface area contributed by atoms with E-state index >= 15 is 0 Å². The van der Waals surface area contributed by atoms with Crippen LogP contribution in [-0.2, 0) is 11.3 Å². The quantitative estimate of drug-likeness (QED) is 0.672. The molecule has 1 saturated heterocycles. The minimum absolute atomic E-state index is 0.179. The molecule has 3 N–H and O–H groups in total. The number of aliphatic hydroxyl groups excluding tert-OH is 2. The van der Waals surface area contributed by atoms with Crippen molar-refractivity contribution in [3.05, 3.63) is 34.4 Å². The minimum Gasteiger partial charge on any atom is -0.465 e. The fourth-order valence-corrected chi connectivity index (χ4v) is 3.53. The third kappa shape index (κ3) is 3.33. The van der Waals surface area contributed by atoms with Crippen LogP contribution in [0.25, 0.3) is 0 Å². The highest BCUT2D eigenvalue weighted by Crippen LogP contribution is 2.29. The number of rotatable bonds is 4. The Hall–Kier alpha value is -2.16. The summed E-state index contributed by atoms with van der Waals surface area (Å²) in [5, 5.41) is 29.3. The molecule has 8 nitrogen and oxygen atoms in total. The van der Waals surface area contributed by atoms with Gasteiger partial charge in [-0.05, 0) is 24.1 Å². The van der Waals surface area contributed by atoms with Gasteiger partial charge in [-0.2, -0.15) is 0 Å². The van der Waals surface area contributed by atoms with Crippen LogP contribution in [0.4, 0.5) is 4.79 Å². The third-order valence-corrected chi connectivity index (χ3v) is 5.06. The Balaban J connectivity index is 1.73. The molecule has 2 heterocycles. The van der Waals surface area contributed by atoms with E-state index in [0.717, 1.165) is 16.7 Å². The molecule has 0 radical (unpaired) electrons. The molecular weight excluding hydrogens is 328 g/mol. The Morgan fingerprint density at radius 1 is 1.40 bits per heavy atom. The Morgan fingerprint density at radius 2 is 2.16 bits per heavy atom. The van der Waals surface area contributed by atoms with Gasteiger partial charge in [-0.25, -0.2) is 9.59 Å². The largest absolute Gasteiger partial charge is 0.465 e. The number of fused-ring (bicyclic) bond motifs is 1. The lowest BCUT2D eigenvalue weighted by atomic mass is 9.95. The highest BCUT2D eigenvalue weighted by Gasteiger charge is 2.31. The predicted octanol–water partition coefficient (Wildman–Crippen LogP) is 0.355. The summed E-state index contributed by atoms with van der Waals surface area (Å²) in [6.07, 6.45) is -1.80. The van der Waals surface area contributed by atoms with Crippen molar-refractivity contribution in [1.82, 2.24) is 9.80 Å². The van der Waals surface area contributed by atoms with E-state index in [1.807, 2.05) is 11.8 Å². The van der Waals surface area contributed by atoms with Crippen molar-refractivity contribution in [3.63, 3.8) is 0 Å². The minimum atomic E-state index is -1.00. The fraction of sp³-hybridized carbons (Fsp3) is 0.529. The number of ether oxygens (including phenoxy) is 1. The van der Waals surface area contributed by atoms with E-state index in [2.05, 4.69) is 0 Å². The second-order valence-corrected chi connectivity index (χ2v) is 6.46. The van der Waals surface area contributed by atoms with Gasteiger partial charge in [-0.15, -0.1) is 0 Å². The Labute approximate surface area is 145 Å². The molecule has 0 bridgehead atoms. The van der Waals surface area contributed by atoms with E-state index < -0.39 is 12.2 Å². The number of carbonyl (C=O) groups excluding carboxylic acids is 1. The van der Waals surface area contributed by atoms with Crippen molar-refractivity contribution in [1.29, 1.82) is 0 Å². The molecule has 1 aromatic carbocycles. The van der Waals surface area contributed by atoms with Gasteiger partial charge >= 0.3 is 12.1 Å². The number of cyclic esters (lactones) is 1. The summed E-state index contributed by atoms with van der Waals surface area (Å²) in [5.74, 6) is -0.343. The third-order valence-electron chi connectivity index (χ3n) is 5.06. The molecular formula is C17H22N2O6. The first kappa shape index (κ1) is 17.7. The summed E-state index contributed by atoms with van der Waals surface area (Å²) in [5.41, 5.74) is 2.89. The van der Waals surface area contributed by atoms with Crippen LogP contribution in [0.3, 0.4) is 0 Å². The smallest absolute Gasteiger partial charge is 0.407 e. The molecule has 1 fully saturated rings. The Kier molecular flexibility index (Phi) is 4.94. The van der Waals surface area contributed by atoms with Crippen LogP contribution in [0.5, 0.6) is 0 Å². The van der Waals surface area contributed by atoms with Gasteiger partial charge in [-0.3, -0.25) is 4.90 Å². The summed E-state index contributed by atoms with van der Waals surface area (Å²) in [4.78, 5) is 25.9. The summed E-state index contributed by atoms with van der Waals surface area (Å²) in [6.45, 7) is 3.17. The molecule has 1 aromatic rings. The molecule has 1 unspecified atom stereocenters. The summed E-state index contributed by atoms with van der Waals surface area (Å²) >= 11 is 0. The fourth-order valence-electron chi connectivity index (χ4n) is 3.53. The number of aliphatic hydroxyl groups is 2. The van der Waals surface area contributed by atoms with Crippen LogP contribution in [0, 0.1) is 6.92 Å². The number of carboxylic acid groups (broad SMARTS) is 1. The molecule has 0 aromatic heterocycles. The number of carbonyl (C=O) groups is 2. The monoisotopic (exact) mass is 350 g/mol. The molecule has 2 aliphatic rings. The molecule has 136 valence electrons. The molecule has 3 rings (SSSR count). The number of amides is 1.